The van der Waals surface area contributed by atoms with Gasteiger partial charge in [-0.3, -0.25) is 19.7 Å². The number of hydrogen-bond donors (Lipinski definition) is 3. The first-order valence-corrected chi connectivity index (χ1v) is 8.23. The monoisotopic (exact) mass is 468 g/mol. The Balaban J connectivity index is 2.07. The molecule has 2 aromatic rings. The highest BCUT2D eigenvalue weighted by molar-refractivity contribution is 14.1. The first kappa shape index (κ1) is 19.3. The Labute approximate surface area is 161 Å². The maximum absolute atomic E-state index is 12.0. The highest BCUT2D eigenvalue weighted by Gasteiger charge is 2.17. The van der Waals surface area contributed by atoms with Crippen LogP contribution < -0.4 is 10.7 Å². The molecule has 2 aromatic carbocycles. The number of rotatable bonds is 5. The van der Waals surface area contributed by atoms with E-state index >= 15 is 0 Å². The van der Waals surface area contributed by atoms with E-state index in [1.165, 1.54) is 31.3 Å². The Bertz CT molecular complexity index is 896. The number of benzene rings is 2. The molecule has 0 spiro atoms. The van der Waals surface area contributed by atoms with Gasteiger partial charge < -0.3 is 10.4 Å². The summed E-state index contributed by atoms with van der Waals surface area (Å²) in [6.45, 7) is 1.38. The highest BCUT2D eigenvalue weighted by Crippen LogP contribution is 2.31. The van der Waals surface area contributed by atoms with Gasteiger partial charge >= 0.3 is 5.69 Å². The lowest BCUT2D eigenvalue weighted by molar-refractivity contribution is -0.386. The zero-order chi connectivity index (χ0) is 19.3. The van der Waals surface area contributed by atoms with Crippen molar-refractivity contribution in [2.45, 2.75) is 6.92 Å². The predicted molar refractivity (Wildman–Crippen MR) is 103 cm³/mol. The number of hydrazone groups is 1. The fraction of sp³-hybridized carbons (Fsp3) is 0.0625. The molecule has 0 aromatic heterocycles. The molecule has 0 radical (unpaired) electrons. The molecule has 0 aliphatic rings. The van der Waals surface area contributed by atoms with Crippen LogP contribution in [0.5, 0.6) is 5.75 Å². The van der Waals surface area contributed by atoms with E-state index in [-0.39, 0.29) is 9.48 Å². The number of carbonyl (C=O) groups excluding carboxylic acids is 2. The molecular formula is C16H13IN4O5. The molecule has 26 heavy (non-hydrogen) atoms. The van der Waals surface area contributed by atoms with Gasteiger partial charge in [-0.25, -0.2) is 5.43 Å². The number of phenols is 1. The first-order chi connectivity index (χ1) is 12.3. The zero-order valence-electron chi connectivity index (χ0n) is 13.4. The van der Waals surface area contributed by atoms with Crippen molar-refractivity contribution in [3.8, 4) is 5.75 Å². The Hall–Kier alpha value is -3.02. The van der Waals surface area contributed by atoms with Gasteiger partial charge in [-0.2, -0.15) is 5.10 Å². The molecule has 0 bridgehead atoms. The quantitative estimate of drug-likeness (QED) is 0.269. The molecule has 2 rings (SSSR count). The van der Waals surface area contributed by atoms with E-state index in [1.807, 2.05) is 0 Å². The fourth-order valence-electron chi connectivity index (χ4n) is 1.96. The number of anilines is 1. The third-order valence-electron chi connectivity index (χ3n) is 3.11. The van der Waals surface area contributed by atoms with Gasteiger partial charge in [0, 0.05) is 29.8 Å². The van der Waals surface area contributed by atoms with E-state index < -0.39 is 22.3 Å². The van der Waals surface area contributed by atoms with Crippen LogP contribution in [0.15, 0.2) is 41.5 Å². The summed E-state index contributed by atoms with van der Waals surface area (Å²) in [6, 6.07) is 8.82. The van der Waals surface area contributed by atoms with Crippen LogP contribution >= 0.6 is 22.6 Å². The van der Waals surface area contributed by atoms with Crippen LogP contribution in [0, 0.1) is 13.7 Å². The van der Waals surface area contributed by atoms with Gasteiger partial charge in [0.25, 0.3) is 5.91 Å². The van der Waals surface area contributed by atoms with E-state index in [0.29, 0.717) is 16.8 Å². The maximum Gasteiger partial charge on any atom is 0.312 e. The molecule has 10 heteroatoms. The third-order valence-corrected chi connectivity index (χ3v) is 3.93. The second-order valence-corrected chi connectivity index (χ2v) is 6.25. The molecule has 0 fully saturated rings. The molecule has 0 saturated heterocycles. The topological polar surface area (TPSA) is 134 Å². The fourth-order valence-corrected chi connectivity index (χ4v) is 2.59. The van der Waals surface area contributed by atoms with Crippen molar-refractivity contribution in [2.75, 3.05) is 5.32 Å². The number of nitrogens with one attached hydrogen (secondary N) is 2. The van der Waals surface area contributed by atoms with Gasteiger partial charge in [0.1, 0.15) is 0 Å². The maximum atomic E-state index is 12.0. The Kier molecular flexibility index (Phi) is 6.22. The normalized spacial score (nSPS) is 10.5. The van der Waals surface area contributed by atoms with Crippen LogP contribution in [0.25, 0.3) is 0 Å². The molecule has 0 atom stereocenters. The van der Waals surface area contributed by atoms with E-state index in [0.717, 1.165) is 6.07 Å². The van der Waals surface area contributed by atoms with Crippen LogP contribution in [0.3, 0.4) is 0 Å². The van der Waals surface area contributed by atoms with Crippen molar-refractivity contribution >= 4 is 52.0 Å². The Morgan fingerprint density at radius 2 is 1.92 bits per heavy atom. The minimum absolute atomic E-state index is 0.218. The summed E-state index contributed by atoms with van der Waals surface area (Å²) in [5.74, 6) is -1.13. The number of phenolic OH excluding ortho intramolecular Hbond substituents is 1. The molecule has 2 amide bonds. The molecule has 0 aliphatic carbocycles. The number of hydrogen-bond acceptors (Lipinski definition) is 6. The van der Waals surface area contributed by atoms with E-state index in [9.17, 15) is 24.8 Å². The molecular weight excluding hydrogens is 455 g/mol. The summed E-state index contributed by atoms with van der Waals surface area (Å²) in [5.41, 5.74) is 3.08. The minimum Gasteiger partial charge on any atom is -0.501 e. The number of amides is 2. The van der Waals surface area contributed by atoms with Gasteiger partial charge in [-0.1, -0.05) is 0 Å². The van der Waals surface area contributed by atoms with Crippen molar-refractivity contribution in [2.24, 2.45) is 5.10 Å². The van der Waals surface area contributed by atoms with Gasteiger partial charge in [-0.15, -0.1) is 0 Å². The lowest BCUT2D eigenvalue weighted by Gasteiger charge is -2.04. The molecule has 0 aliphatic heterocycles. The average Bonchev–Trinajstić information content (AvgIpc) is 2.57. The first-order valence-electron chi connectivity index (χ1n) is 7.16. The predicted octanol–water partition coefficient (Wildman–Crippen LogP) is 2.63. The Morgan fingerprint density at radius 3 is 2.50 bits per heavy atom. The smallest absolute Gasteiger partial charge is 0.312 e. The molecule has 0 heterocycles. The SMILES string of the molecule is CC(=O)Nc1ccc(C(=O)NN=Cc2cc(I)c(O)c([N+](=O)[O-])c2)cc1. The molecule has 0 unspecified atom stereocenters. The third kappa shape index (κ3) is 4.99. The second-order valence-electron chi connectivity index (χ2n) is 5.09. The van der Waals surface area contributed by atoms with Gasteiger partial charge in [0.2, 0.25) is 11.7 Å². The van der Waals surface area contributed by atoms with Crippen molar-refractivity contribution in [3.05, 3.63) is 61.2 Å². The average molecular weight is 468 g/mol. The van der Waals surface area contributed by atoms with Crippen LogP contribution in [0.1, 0.15) is 22.8 Å². The van der Waals surface area contributed by atoms with Crippen LogP contribution in [0.2, 0.25) is 0 Å². The number of carbonyl (C=O) groups is 2. The van der Waals surface area contributed by atoms with Crippen LogP contribution in [-0.4, -0.2) is 28.1 Å². The molecule has 134 valence electrons. The second kappa shape index (κ2) is 8.38. The zero-order valence-corrected chi connectivity index (χ0v) is 15.6. The minimum atomic E-state index is -0.704. The standard InChI is InChI=1S/C16H13IN4O5/c1-9(22)19-12-4-2-11(3-5-12)16(24)20-18-8-10-6-13(17)15(23)14(7-10)21(25)26/h2-8,23H,1H3,(H,19,22)(H,20,24). The highest BCUT2D eigenvalue weighted by atomic mass is 127. The van der Waals surface area contributed by atoms with Crippen molar-refractivity contribution in [1.29, 1.82) is 0 Å². The van der Waals surface area contributed by atoms with Crippen LogP contribution in [-0.2, 0) is 4.79 Å². The van der Waals surface area contributed by atoms with Crippen molar-refractivity contribution < 1.29 is 19.6 Å². The summed E-state index contributed by atoms with van der Waals surface area (Å²) in [5, 5.41) is 26.9. The number of nitro benzene ring substituents is 1. The number of halogens is 1. The van der Waals surface area contributed by atoms with Gasteiger partial charge in [0.15, 0.2) is 0 Å². The van der Waals surface area contributed by atoms with Crippen LogP contribution in [0.4, 0.5) is 11.4 Å². The summed E-state index contributed by atoms with van der Waals surface area (Å²) in [4.78, 5) is 33.1. The summed E-state index contributed by atoms with van der Waals surface area (Å²) >= 11 is 1.76. The largest absolute Gasteiger partial charge is 0.501 e. The Morgan fingerprint density at radius 1 is 1.27 bits per heavy atom. The van der Waals surface area contributed by atoms with Gasteiger partial charge in [-0.05, 0) is 52.9 Å². The van der Waals surface area contributed by atoms with E-state index in [2.05, 4.69) is 15.8 Å². The van der Waals surface area contributed by atoms with E-state index in [1.54, 1.807) is 34.7 Å². The van der Waals surface area contributed by atoms with Crippen molar-refractivity contribution in [3.63, 3.8) is 0 Å². The van der Waals surface area contributed by atoms with Gasteiger partial charge in [0.05, 0.1) is 14.7 Å². The summed E-state index contributed by atoms with van der Waals surface area (Å²) in [6.07, 6.45) is 1.23. The van der Waals surface area contributed by atoms with E-state index in [4.69, 9.17) is 0 Å². The molecule has 3 N–H and O–H groups in total. The summed E-state index contributed by atoms with van der Waals surface area (Å²) < 4.78 is 0.290. The van der Waals surface area contributed by atoms with Crippen molar-refractivity contribution in [1.82, 2.24) is 5.43 Å². The number of nitro groups is 1. The number of aromatic hydroxyl groups is 1. The lowest BCUT2D eigenvalue weighted by Crippen LogP contribution is -2.17. The molecule has 9 nitrogen and oxygen atoms in total. The number of nitrogens with zero attached hydrogens (tertiary/aromatic N) is 2. The molecule has 0 saturated carbocycles. The lowest BCUT2D eigenvalue weighted by atomic mass is 10.2. The summed E-state index contributed by atoms with van der Waals surface area (Å²) in [7, 11) is 0.